The van der Waals surface area contributed by atoms with E-state index in [-0.39, 0.29) is 18.3 Å². The number of thioether (sulfide) groups is 1. The molecule has 1 fully saturated rings. The Balaban J connectivity index is 1.68. The van der Waals surface area contributed by atoms with Crippen LogP contribution in [0.2, 0.25) is 0 Å². The van der Waals surface area contributed by atoms with Crippen LogP contribution in [-0.4, -0.2) is 58.2 Å². The van der Waals surface area contributed by atoms with E-state index in [1.807, 2.05) is 0 Å². The lowest BCUT2D eigenvalue weighted by molar-refractivity contribution is -0.141. The van der Waals surface area contributed by atoms with E-state index in [1.165, 1.54) is 31.0 Å². The van der Waals surface area contributed by atoms with Gasteiger partial charge in [0.2, 0.25) is 0 Å². The van der Waals surface area contributed by atoms with E-state index in [1.54, 1.807) is 65.6 Å². The van der Waals surface area contributed by atoms with E-state index >= 15 is 0 Å². The first-order valence-electron chi connectivity index (χ1n) is 11.1. The van der Waals surface area contributed by atoms with E-state index < -0.39 is 40.7 Å². The molecule has 1 saturated heterocycles. The van der Waals surface area contributed by atoms with Gasteiger partial charge in [-0.3, -0.25) is 9.59 Å². The van der Waals surface area contributed by atoms with Crippen molar-refractivity contribution in [2.45, 2.75) is 29.8 Å². The highest BCUT2D eigenvalue weighted by Crippen LogP contribution is 2.42. The Morgan fingerprint density at radius 1 is 0.944 bits per heavy atom. The lowest BCUT2D eigenvalue weighted by atomic mass is 10.1. The highest BCUT2D eigenvalue weighted by molar-refractivity contribution is 8.00. The number of rotatable bonds is 7. The van der Waals surface area contributed by atoms with Crippen LogP contribution in [0.25, 0.3) is 0 Å². The first-order valence-corrected chi connectivity index (χ1v) is 12.0. The molecule has 4 rings (SSSR count). The number of hydrogen-bond acceptors (Lipinski definition) is 9. The number of hydrogen-bond donors (Lipinski definition) is 1. The average molecular weight is 509 g/mol. The fourth-order valence-electron chi connectivity index (χ4n) is 3.79. The molecule has 1 amide bonds. The summed E-state index contributed by atoms with van der Waals surface area (Å²) >= 11 is 1.29. The van der Waals surface area contributed by atoms with Gasteiger partial charge < -0.3 is 24.4 Å². The Hall–Kier alpha value is -4.05. The van der Waals surface area contributed by atoms with Crippen LogP contribution in [0.15, 0.2) is 85.3 Å². The fraction of sp³-hybridized carbons (Fsp3) is 0.231. The van der Waals surface area contributed by atoms with Gasteiger partial charge in [0.1, 0.15) is 17.8 Å². The molecule has 0 spiro atoms. The quantitative estimate of drug-likeness (QED) is 0.446. The second kappa shape index (κ2) is 11.1. The van der Waals surface area contributed by atoms with Crippen LogP contribution in [0.5, 0.6) is 0 Å². The zero-order valence-corrected chi connectivity index (χ0v) is 20.2. The molecule has 0 radical (unpaired) electrons. The van der Waals surface area contributed by atoms with Gasteiger partial charge in [-0.1, -0.05) is 43.0 Å². The fourth-order valence-corrected chi connectivity index (χ4v) is 5.35. The second-order valence-corrected chi connectivity index (χ2v) is 9.36. The van der Waals surface area contributed by atoms with E-state index in [0.29, 0.717) is 11.1 Å². The summed E-state index contributed by atoms with van der Waals surface area (Å²) in [7, 11) is 0. The van der Waals surface area contributed by atoms with Crippen LogP contribution >= 0.6 is 11.8 Å². The number of carbonyl (C=O) groups is 4. The Bertz CT molecular complexity index is 1190. The molecule has 0 saturated carbocycles. The molecule has 0 unspecified atom stereocenters. The number of nitrogens with one attached hydrogen (secondary N) is 1. The Kier molecular flexibility index (Phi) is 7.74. The number of ether oxygens (including phenoxy) is 3. The standard InChI is InChI=1S/C26H24N2O7S/c1-16-27-21(30)13-14-28(16)24-23(35-26(32)19-11-7-4-8-12-19)22(20(36-24)15-33-17(2)29)34-25(31)18-9-5-3-6-10-18/h3-14,20,22-24H,1,15H2,2H3,(H,27,30)/t20-,22-,23-,24-/m1/s1. The van der Waals surface area contributed by atoms with E-state index in [2.05, 4.69) is 11.9 Å². The van der Waals surface area contributed by atoms with Crippen LogP contribution in [-0.2, 0) is 23.8 Å². The third-order valence-corrected chi connectivity index (χ3v) is 7.01. The summed E-state index contributed by atoms with van der Waals surface area (Å²) in [5.41, 5.74) is 0.638. The summed E-state index contributed by atoms with van der Waals surface area (Å²) in [6.07, 6.45) is 0.869. The number of amides is 1. The molecule has 1 N–H and O–H groups in total. The molecule has 186 valence electrons. The Morgan fingerprint density at radius 2 is 1.50 bits per heavy atom. The smallest absolute Gasteiger partial charge is 0.338 e. The van der Waals surface area contributed by atoms with Crippen molar-refractivity contribution in [1.29, 1.82) is 0 Å². The number of carbonyl (C=O) groups excluding carboxylic acids is 4. The first kappa shape index (κ1) is 25.1. The maximum absolute atomic E-state index is 13.1. The second-order valence-electron chi connectivity index (χ2n) is 8.00. The summed E-state index contributed by atoms with van der Waals surface area (Å²) in [6.45, 7) is 5.08. The first-order chi connectivity index (χ1) is 17.3. The lowest BCUT2D eigenvalue weighted by Gasteiger charge is -2.34. The maximum Gasteiger partial charge on any atom is 0.338 e. The molecule has 2 heterocycles. The highest BCUT2D eigenvalue weighted by Gasteiger charge is 2.52. The number of esters is 3. The zero-order valence-electron chi connectivity index (χ0n) is 19.4. The molecule has 2 aromatic carbocycles. The topological polar surface area (TPSA) is 111 Å². The molecule has 9 nitrogen and oxygen atoms in total. The van der Waals surface area contributed by atoms with Crippen LogP contribution in [0.4, 0.5) is 0 Å². The Morgan fingerprint density at radius 3 is 2.03 bits per heavy atom. The third kappa shape index (κ3) is 5.77. The zero-order chi connectivity index (χ0) is 25.7. The predicted molar refractivity (Wildman–Crippen MR) is 131 cm³/mol. The van der Waals surface area contributed by atoms with Crippen molar-refractivity contribution < 1.29 is 33.4 Å². The van der Waals surface area contributed by atoms with E-state index in [4.69, 9.17) is 14.2 Å². The minimum Gasteiger partial charge on any atom is -0.465 e. The van der Waals surface area contributed by atoms with Crippen LogP contribution < -0.4 is 5.32 Å². The summed E-state index contributed by atoms with van der Waals surface area (Å²) in [5, 5.41) is 1.40. The molecule has 2 aliphatic rings. The van der Waals surface area contributed by atoms with Gasteiger partial charge in [-0.25, -0.2) is 9.59 Å². The largest absolute Gasteiger partial charge is 0.465 e. The molecule has 0 aromatic heterocycles. The average Bonchev–Trinajstić information content (AvgIpc) is 3.20. The van der Waals surface area contributed by atoms with Gasteiger partial charge in [0.15, 0.2) is 12.2 Å². The molecule has 4 atom stereocenters. The molecule has 2 aromatic rings. The summed E-state index contributed by atoms with van der Waals surface area (Å²) in [4.78, 5) is 51.0. The van der Waals surface area contributed by atoms with Crippen molar-refractivity contribution >= 4 is 35.6 Å². The van der Waals surface area contributed by atoms with Gasteiger partial charge in [0, 0.05) is 19.2 Å². The monoisotopic (exact) mass is 508 g/mol. The summed E-state index contributed by atoms with van der Waals surface area (Å²) in [6, 6.07) is 16.8. The number of nitrogens with zero attached hydrogens (tertiary/aromatic N) is 1. The molecule has 2 aliphatic heterocycles. The molecule has 0 aliphatic carbocycles. The number of benzene rings is 2. The van der Waals surface area contributed by atoms with Gasteiger partial charge in [0.25, 0.3) is 5.91 Å². The predicted octanol–water partition coefficient (Wildman–Crippen LogP) is 2.86. The molecular weight excluding hydrogens is 484 g/mol. The van der Waals surface area contributed by atoms with Crippen molar-refractivity contribution in [2.75, 3.05) is 6.61 Å². The van der Waals surface area contributed by atoms with E-state index in [0.717, 1.165) is 0 Å². The van der Waals surface area contributed by atoms with Crippen LogP contribution in [0, 0.1) is 0 Å². The minimum atomic E-state index is -0.993. The van der Waals surface area contributed by atoms with Crippen molar-refractivity contribution in [2.24, 2.45) is 0 Å². The van der Waals surface area contributed by atoms with Gasteiger partial charge >= 0.3 is 17.9 Å². The molecule has 0 bridgehead atoms. The highest BCUT2D eigenvalue weighted by atomic mass is 32.2. The summed E-state index contributed by atoms with van der Waals surface area (Å²) in [5.74, 6) is -1.81. The van der Waals surface area contributed by atoms with Crippen molar-refractivity contribution in [3.05, 3.63) is 96.5 Å². The normalized spacial score (nSPS) is 23.1. The van der Waals surface area contributed by atoms with Gasteiger partial charge in [-0.15, -0.1) is 11.8 Å². The molecule has 36 heavy (non-hydrogen) atoms. The molecule has 10 heteroatoms. The van der Waals surface area contributed by atoms with Gasteiger partial charge in [-0.2, -0.15) is 0 Å². The van der Waals surface area contributed by atoms with Gasteiger partial charge in [-0.05, 0) is 24.3 Å². The van der Waals surface area contributed by atoms with E-state index in [9.17, 15) is 19.2 Å². The Labute approximate surface area is 212 Å². The van der Waals surface area contributed by atoms with Crippen LogP contribution in [0.3, 0.4) is 0 Å². The van der Waals surface area contributed by atoms with Crippen molar-refractivity contribution in [3.8, 4) is 0 Å². The summed E-state index contributed by atoms with van der Waals surface area (Å²) < 4.78 is 17.0. The maximum atomic E-state index is 13.1. The minimum absolute atomic E-state index is 0.0843. The van der Waals surface area contributed by atoms with Crippen LogP contribution in [0.1, 0.15) is 27.6 Å². The van der Waals surface area contributed by atoms with Crippen molar-refractivity contribution in [1.82, 2.24) is 10.2 Å². The molecular formula is C26H24N2O7S. The van der Waals surface area contributed by atoms with Crippen molar-refractivity contribution in [3.63, 3.8) is 0 Å². The van der Waals surface area contributed by atoms with Gasteiger partial charge in [0.05, 0.1) is 16.4 Å². The lowest BCUT2D eigenvalue weighted by Crippen LogP contribution is -2.48. The third-order valence-electron chi connectivity index (χ3n) is 5.48. The SMILES string of the molecule is C=C1NC(=O)C=CN1[C@@H]1S[C@H](COC(C)=O)[C@@H](OC(=O)c2ccccc2)[C@H]1OC(=O)c1ccccc1.